The Bertz CT molecular complexity index is 963. The van der Waals surface area contributed by atoms with Gasteiger partial charge in [0.25, 0.3) is 11.8 Å². The van der Waals surface area contributed by atoms with Gasteiger partial charge < -0.3 is 20.2 Å². The van der Waals surface area contributed by atoms with Crippen molar-refractivity contribution in [3.05, 3.63) is 42.7 Å². The van der Waals surface area contributed by atoms with E-state index >= 15 is 0 Å². The van der Waals surface area contributed by atoms with Crippen molar-refractivity contribution < 1.29 is 19.5 Å². The van der Waals surface area contributed by atoms with E-state index in [9.17, 15) is 19.5 Å². The molecule has 2 N–H and O–H groups in total. The van der Waals surface area contributed by atoms with E-state index in [0.717, 1.165) is 37.3 Å². The molecule has 7 nitrogen and oxygen atoms in total. The number of carboxylic acids is 1. The standard InChI is InChI=1S/C20H22ClN3O4S2/c1-23-6-4-11-8-16(29-14(11)5-7-23)19(26)24-10-12(9-13(24)20(27)28)22-18(25)15-2-3-17(21)30-15/h2-3,8,12-13H,4-7,9-10H2,1H3,(H,22,25)(H,27,28)/t12-,13+/m1/s1. The van der Waals surface area contributed by atoms with Crippen LogP contribution in [-0.2, 0) is 17.6 Å². The summed E-state index contributed by atoms with van der Waals surface area (Å²) in [5.41, 5.74) is 1.18. The van der Waals surface area contributed by atoms with Crippen LogP contribution in [0.4, 0.5) is 0 Å². The summed E-state index contributed by atoms with van der Waals surface area (Å²) in [6, 6.07) is 3.81. The van der Waals surface area contributed by atoms with Gasteiger partial charge in [0.05, 0.1) is 14.1 Å². The average molecular weight is 468 g/mol. The van der Waals surface area contributed by atoms with Crippen molar-refractivity contribution in [2.45, 2.75) is 31.3 Å². The number of likely N-dealkylation sites (N-methyl/N-ethyl adjacent to an activating group) is 1. The number of carbonyl (C=O) groups excluding carboxylic acids is 2. The lowest BCUT2D eigenvalue weighted by atomic mass is 10.1. The van der Waals surface area contributed by atoms with Crippen molar-refractivity contribution in [3.63, 3.8) is 0 Å². The van der Waals surface area contributed by atoms with Crippen LogP contribution in [0.5, 0.6) is 0 Å². The minimum absolute atomic E-state index is 0.173. The highest BCUT2D eigenvalue weighted by Gasteiger charge is 2.41. The summed E-state index contributed by atoms with van der Waals surface area (Å²) in [6.45, 7) is 2.06. The van der Waals surface area contributed by atoms with Gasteiger partial charge in [0.15, 0.2) is 0 Å². The van der Waals surface area contributed by atoms with Gasteiger partial charge in [-0.25, -0.2) is 4.79 Å². The first-order valence-corrected chi connectivity index (χ1v) is 11.7. The Hall–Kier alpha value is -1.94. The van der Waals surface area contributed by atoms with E-state index in [1.807, 2.05) is 6.07 Å². The number of fused-ring (bicyclic) bond motifs is 1. The van der Waals surface area contributed by atoms with E-state index in [1.165, 1.54) is 26.7 Å². The molecule has 0 spiro atoms. The highest BCUT2D eigenvalue weighted by Crippen LogP contribution is 2.30. The molecular formula is C20H22ClN3O4S2. The van der Waals surface area contributed by atoms with Crippen LogP contribution in [-0.4, -0.2) is 71.5 Å². The maximum absolute atomic E-state index is 13.2. The topological polar surface area (TPSA) is 90.0 Å². The molecule has 0 saturated carbocycles. The fourth-order valence-corrected chi connectivity index (χ4v) is 6.05. The van der Waals surface area contributed by atoms with Crippen LogP contribution >= 0.6 is 34.3 Å². The first-order valence-electron chi connectivity index (χ1n) is 9.72. The van der Waals surface area contributed by atoms with E-state index in [0.29, 0.717) is 14.1 Å². The number of halogens is 1. The zero-order chi connectivity index (χ0) is 21.4. The van der Waals surface area contributed by atoms with E-state index < -0.39 is 18.1 Å². The monoisotopic (exact) mass is 467 g/mol. The molecule has 0 radical (unpaired) electrons. The highest BCUT2D eigenvalue weighted by molar-refractivity contribution is 7.18. The normalized spacial score (nSPS) is 21.9. The Morgan fingerprint density at radius 1 is 1.17 bits per heavy atom. The maximum Gasteiger partial charge on any atom is 0.326 e. The Morgan fingerprint density at radius 3 is 2.63 bits per heavy atom. The molecule has 1 fully saturated rings. The van der Waals surface area contributed by atoms with E-state index in [-0.39, 0.29) is 24.8 Å². The lowest BCUT2D eigenvalue weighted by molar-refractivity contribution is -0.141. The SMILES string of the molecule is CN1CCc2cc(C(=O)N3C[C@H](NC(=O)c4ccc(Cl)s4)C[C@H]3C(=O)O)sc2CC1. The van der Waals surface area contributed by atoms with Crippen molar-refractivity contribution in [1.82, 2.24) is 15.1 Å². The molecule has 4 heterocycles. The third-order valence-corrected chi connectivity index (χ3v) is 8.03. The van der Waals surface area contributed by atoms with Crippen molar-refractivity contribution >= 4 is 52.1 Å². The summed E-state index contributed by atoms with van der Waals surface area (Å²) in [5.74, 6) is -1.63. The molecule has 2 aromatic rings. The molecule has 0 unspecified atom stereocenters. The summed E-state index contributed by atoms with van der Waals surface area (Å²) in [5, 5.41) is 12.5. The zero-order valence-corrected chi connectivity index (χ0v) is 18.8. The molecule has 2 aliphatic heterocycles. The number of amides is 2. The summed E-state index contributed by atoms with van der Waals surface area (Å²) in [7, 11) is 2.09. The highest BCUT2D eigenvalue weighted by atomic mass is 35.5. The molecule has 2 aromatic heterocycles. The Labute approximate surface area is 187 Å². The largest absolute Gasteiger partial charge is 0.480 e. The number of nitrogens with one attached hydrogen (secondary N) is 1. The van der Waals surface area contributed by atoms with Crippen LogP contribution in [0.1, 0.15) is 36.2 Å². The Balaban J connectivity index is 1.48. The molecule has 0 aromatic carbocycles. The average Bonchev–Trinajstić information content (AvgIpc) is 3.40. The number of rotatable bonds is 4. The summed E-state index contributed by atoms with van der Waals surface area (Å²) < 4.78 is 0.510. The molecule has 160 valence electrons. The van der Waals surface area contributed by atoms with Gasteiger partial charge in [0, 0.05) is 37.0 Å². The first kappa shape index (κ1) is 21.3. The number of carboxylic acid groups (broad SMARTS) is 1. The first-order chi connectivity index (χ1) is 14.3. The fraction of sp³-hybridized carbons (Fsp3) is 0.450. The van der Waals surface area contributed by atoms with Gasteiger partial charge in [-0.15, -0.1) is 22.7 Å². The second kappa shape index (κ2) is 8.66. The number of hydrogen-bond donors (Lipinski definition) is 2. The van der Waals surface area contributed by atoms with Gasteiger partial charge in [-0.3, -0.25) is 9.59 Å². The van der Waals surface area contributed by atoms with Gasteiger partial charge in [0.2, 0.25) is 0 Å². The number of nitrogens with zero attached hydrogens (tertiary/aromatic N) is 2. The van der Waals surface area contributed by atoms with E-state index in [1.54, 1.807) is 12.1 Å². The molecular weight excluding hydrogens is 446 g/mol. The third-order valence-electron chi connectivity index (χ3n) is 5.57. The van der Waals surface area contributed by atoms with Crippen molar-refractivity contribution in [1.29, 1.82) is 0 Å². The second-order valence-corrected chi connectivity index (χ2v) is 10.5. The fourth-order valence-electron chi connectivity index (χ4n) is 3.94. The van der Waals surface area contributed by atoms with Crippen LogP contribution < -0.4 is 5.32 Å². The van der Waals surface area contributed by atoms with Gasteiger partial charge in [-0.05, 0) is 43.7 Å². The molecule has 10 heteroatoms. The summed E-state index contributed by atoms with van der Waals surface area (Å²) >= 11 is 8.51. The van der Waals surface area contributed by atoms with Crippen molar-refractivity contribution in [2.24, 2.45) is 0 Å². The van der Waals surface area contributed by atoms with Gasteiger partial charge in [0.1, 0.15) is 6.04 Å². The van der Waals surface area contributed by atoms with Crippen LogP contribution in [0, 0.1) is 0 Å². The molecule has 0 bridgehead atoms. The van der Waals surface area contributed by atoms with Gasteiger partial charge in [-0.2, -0.15) is 0 Å². The van der Waals surface area contributed by atoms with E-state index in [2.05, 4.69) is 17.3 Å². The van der Waals surface area contributed by atoms with Crippen molar-refractivity contribution in [2.75, 3.05) is 26.7 Å². The van der Waals surface area contributed by atoms with Crippen LogP contribution in [0.25, 0.3) is 0 Å². The molecule has 2 aliphatic rings. The zero-order valence-electron chi connectivity index (χ0n) is 16.4. The van der Waals surface area contributed by atoms with Crippen molar-refractivity contribution in [3.8, 4) is 0 Å². The van der Waals surface area contributed by atoms with E-state index in [4.69, 9.17) is 11.6 Å². The predicted octanol–water partition coefficient (Wildman–Crippen LogP) is 2.59. The molecule has 30 heavy (non-hydrogen) atoms. The molecule has 0 aliphatic carbocycles. The van der Waals surface area contributed by atoms with Crippen LogP contribution in [0.3, 0.4) is 0 Å². The third kappa shape index (κ3) is 4.39. The number of carbonyl (C=O) groups is 3. The minimum atomic E-state index is -1.06. The lowest BCUT2D eigenvalue weighted by Gasteiger charge is -2.20. The number of thiophene rings is 2. The minimum Gasteiger partial charge on any atom is -0.480 e. The summed E-state index contributed by atoms with van der Waals surface area (Å²) in [6.07, 6.45) is 1.97. The van der Waals surface area contributed by atoms with Gasteiger partial charge in [-0.1, -0.05) is 11.6 Å². The second-order valence-electron chi connectivity index (χ2n) is 7.68. The summed E-state index contributed by atoms with van der Waals surface area (Å²) in [4.78, 5) is 43.3. The van der Waals surface area contributed by atoms with Crippen LogP contribution in [0.2, 0.25) is 4.34 Å². The quantitative estimate of drug-likeness (QED) is 0.721. The molecule has 4 rings (SSSR count). The number of likely N-dealkylation sites (tertiary alicyclic amines) is 1. The molecule has 2 atom stereocenters. The Morgan fingerprint density at radius 2 is 1.93 bits per heavy atom. The number of aliphatic carboxylic acids is 1. The number of hydrogen-bond acceptors (Lipinski definition) is 6. The smallest absolute Gasteiger partial charge is 0.326 e. The Kier molecular flexibility index (Phi) is 6.15. The molecule has 1 saturated heterocycles. The van der Waals surface area contributed by atoms with Crippen LogP contribution in [0.15, 0.2) is 18.2 Å². The lowest BCUT2D eigenvalue weighted by Crippen LogP contribution is -2.41. The van der Waals surface area contributed by atoms with Gasteiger partial charge >= 0.3 is 5.97 Å². The molecule has 2 amide bonds. The maximum atomic E-state index is 13.2. The predicted molar refractivity (Wildman–Crippen MR) is 117 cm³/mol.